The second kappa shape index (κ2) is 8.33. The molecule has 12 heavy (non-hydrogen) atoms. The molecule has 0 atom stereocenters. The molecule has 0 saturated heterocycles. The number of nitrogens with one attached hydrogen (secondary N) is 1. The van der Waals surface area contributed by atoms with Gasteiger partial charge < -0.3 is 15.3 Å². The molecule has 1 heterocycles. The summed E-state index contributed by atoms with van der Waals surface area (Å²) >= 11 is 4.80. The van der Waals surface area contributed by atoms with Crippen molar-refractivity contribution in [2.75, 3.05) is 5.73 Å². The van der Waals surface area contributed by atoms with Gasteiger partial charge in [0, 0.05) is 13.2 Å². The van der Waals surface area contributed by atoms with Gasteiger partial charge in [-0.3, -0.25) is 0 Å². The first-order valence-electron chi connectivity index (χ1n) is 4.21. The molecule has 3 N–H and O–H groups in total. The lowest BCUT2D eigenvalue weighted by Crippen LogP contribution is -1.82. The molecule has 0 aliphatic rings. The van der Waals surface area contributed by atoms with E-state index in [1.165, 1.54) is 0 Å². The standard InChI is InChI=1S/C4H7N3S.2C2H6/c1-7-2-3(5)6-4(7)8;2*1-2/h2H,5H2,1H3,(H,6,8);2*1-2H3. The van der Waals surface area contributed by atoms with Crippen molar-refractivity contribution in [2.24, 2.45) is 7.05 Å². The average molecular weight is 189 g/mol. The largest absolute Gasteiger partial charge is 0.384 e. The number of nitrogen functional groups attached to an aromatic ring is 1. The predicted molar refractivity (Wildman–Crippen MR) is 57.7 cm³/mol. The summed E-state index contributed by atoms with van der Waals surface area (Å²) in [6.07, 6.45) is 1.74. The summed E-state index contributed by atoms with van der Waals surface area (Å²) in [5.74, 6) is 0.609. The van der Waals surface area contributed by atoms with Gasteiger partial charge in [0.1, 0.15) is 5.82 Å². The van der Waals surface area contributed by atoms with E-state index in [-0.39, 0.29) is 0 Å². The lowest BCUT2D eigenvalue weighted by atomic mass is 10.8. The molecule has 0 aliphatic carbocycles. The molecule has 0 aliphatic heterocycles. The van der Waals surface area contributed by atoms with Crippen LogP contribution in [0, 0.1) is 4.77 Å². The Hall–Kier alpha value is -0.770. The molecule has 72 valence electrons. The maximum atomic E-state index is 5.34. The van der Waals surface area contributed by atoms with Crippen LogP contribution in [0.25, 0.3) is 0 Å². The van der Waals surface area contributed by atoms with Crippen molar-refractivity contribution < 1.29 is 0 Å². The van der Waals surface area contributed by atoms with Gasteiger partial charge in [0.05, 0.1) is 0 Å². The molecular formula is C8H19N3S. The Morgan fingerprint density at radius 3 is 1.83 bits per heavy atom. The zero-order chi connectivity index (χ0) is 10.1. The highest BCUT2D eigenvalue weighted by Crippen LogP contribution is 1.94. The summed E-state index contributed by atoms with van der Waals surface area (Å²) in [7, 11) is 1.84. The first-order chi connectivity index (χ1) is 5.70. The van der Waals surface area contributed by atoms with E-state index in [4.69, 9.17) is 18.0 Å². The van der Waals surface area contributed by atoms with E-state index in [1.807, 2.05) is 34.7 Å². The summed E-state index contributed by atoms with van der Waals surface area (Å²) in [5, 5.41) is 0. The van der Waals surface area contributed by atoms with Crippen molar-refractivity contribution in [3.05, 3.63) is 11.0 Å². The highest BCUT2D eigenvalue weighted by Gasteiger charge is 1.86. The molecule has 0 spiro atoms. The topological polar surface area (TPSA) is 46.7 Å². The van der Waals surface area contributed by atoms with E-state index in [9.17, 15) is 0 Å². The first kappa shape index (κ1) is 13.8. The fourth-order valence-corrected chi connectivity index (χ4v) is 0.682. The summed E-state index contributed by atoms with van der Waals surface area (Å²) in [5.41, 5.74) is 5.34. The third-order valence-electron chi connectivity index (χ3n) is 0.904. The molecule has 1 aromatic rings. The molecular weight excluding hydrogens is 170 g/mol. The summed E-state index contributed by atoms with van der Waals surface area (Å²) in [6.45, 7) is 8.00. The molecule has 0 bridgehead atoms. The van der Waals surface area contributed by atoms with Crippen LogP contribution >= 0.6 is 12.2 Å². The van der Waals surface area contributed by atoms with Crippen LogP contribution in [0.2, 0.25) is 0 Å². The fraction of sp³-hybridized carbons (Fsp3) is 0.625. The van der Waals surface area contributed by atoms with Gasteiger partial charge in [0.15, 0.2) is 4.77 Å². The SMILES string of the molecule is CC.CC.Cn1cc(N)[nH]c1=S. The number of aryl methyl sites for hydroxylation is 1. The molecule has 0 saturated carbocycles. The van der Waals surface area contributed by atoms with Crippen LogP contribution in [0.1, 0.15) is 27.7 Å². The maximum Gasteiger partial charge on any atom is 0.178 e. The van der Waals surface area contributed by atoms with E-state index in [2.05, 4.69) is 4.98 Å². The number of hydrogen-bond donors (Lipinski definition) is 2. The Bertz CT molecular complexity index is 237. The Morgan fingerprint density at radius 2 is 1.75 bits per heavy atom. The Balaban J connectivity index is 0. The minimum Gasteiger partial charge on any atom is -0.384 e. The highest BCUT2D eigenvalue weighted by atomic mass is 32.1. The van der Waals surface area contributed by atoms with Gasteiger partial charge in [-0.15, -0.1) is 0 Å². The van der Waals surface area contributed by atoms with Crippen LogP contribution in [0.3, 0.4) is 0 Å². The van der Waals surface area contributed by atoms with Gasteiger partial charge >= 0.3 is 0 Å². The third-order valence-corrected chi connectivity index (χ3v) is 1.29. The van der Waals surface area contributed by atoms with Crippen LogP contribution in [0.4, 0.5) is 5.82 Å². The van der Waals surface area contributed by atoms with Crippen molar-refractivity contribution >= 4 is 18.0 Å². The second-order valence-corrected chi connectivity index (χ2v) is 2.01. The zero-order valence-electron chi connectivity index (χ0n) is 8.51. The molecule has 4 heteroatoms. The van der Waals surface area contributed by atoms with E-state index >= 15 is 0 Å². The molecule has 0 amide bonds. The highest BCUT2D eigenvalue weighted by molar-refractivity contribution is 7.71. The quantitative estimate of drug-likeness (QED) is 0.616. The van der Waals surface area contributed by atoms with Crippen molar-refractivity contribution in [1.82, 2.24) is 9.55 Å². The molecule has 0 aromatic carbocycles. The van der Waals surface area contributed by atoms with E-state index < -0.39 is 0 Å². The van der Waals surface area contributed by atoms with Gasteiger partial charge in [-0.2, -0.15) is 0 Å². The Kier molecular flexibility index (Phi) is 9.57. The van der Waals surface area contributed by atoms with Crippen molar-refractivity contribution in [1.29, 1.82) is 0 Å². The number of hydrogen-bond acceptors (Lipinski definition) is 2. The van der Waals surface area contributed by atoms with Crippen LogP contribution in [0.15, 0.2) is 6.20 Å². The van der Waals surface area contributed by atoms with E-state index in [0.29, 0.717) is 10.6 Å². The Labute approximate surface area is 79.6 Å². The number of nitrogens with two attached hydrogens (primary N) is 1. The molecule has 0 fully saturated rings. The van der Waals surface area contributed by atoms with Gasteiger partial charge in [0.2, 0.25) is 0 Å². The first-order valence-corrected chi connectivity index (χ1v) is 4.62. The number of rotatable bonds is 0. The van der Waals surface area contributed by atoms with Crippen molar-refractivity contribution in [3.63, 3.8) is 0 Å². The van der Waals surface area contributed by atoms with Crippen LogP contribution < -0.4 is 5.73 Å². The van der Waals surface area contributed by atoms with Crippen LogP contribution in [0.5, 0.6) is 0 Å². The number of imidazole rings is 1. The number of nitrogens with zero attached hydrogens (tertiary/aromatic N) is 1. The second-order valence-electron chi connectivity index (χ2n) is 1.63. The number of aromatic nitrogens is 2. The van der Waals surface area contributed by atoms with Crippen molar-refractivity contribution in [2.45, 2.75) is 27.7 Å². The number of aromatic amines is 1. The predicted octanol–water partition coefficient (Wildman–Crippen LogP) is 2.72. The maximum absolute atomic E-state index is 5.34. The van der Waals surface area contributed by atoms with Gasteiger partial charge in [-0.1, -0.05) is 27.7 Å². The Morgan fingerprint density at radius 1 is 1.33 bits per heavy atom. The van der Waals surface area contributed by atoms with Gasteiger partial charge in [-0.25, -0.2) is 0 Å². The molecule has 0 unspecified atom stereocenters. The van der Waals surface area contributed by atoms with E-state index in [0.717, 1.165) is 0 Å². The zero-order valence-corrected chi connectivity index (χ0v) is 9.33. The third kappa shape index (κ3) is 4.96. The average Bonchev–Trinajstić information content (AvgIpc) is 2.37. The van der Waals surface area contributed by atoms with Crippen LogP contribution in [-0.2, 0) is 7.05 Å². The minimum absolute atomic E-state index is 0.609. The number of anilines is 1. The monoisotopic (exact) mass is 189 g/mol. The van der Waals surface area contributed by atoms with Gasteiger partial charge in [0.25, 0.3) is 0 Å². The lowest BCUT2D eigenvalue weighted by molar-refractivity contribution is 0.894. The lowest BCUT2D eigenvalue weighted by Gasteiger charge is -1.79. The van der Waals surface area contributed by atoms with Crippen molar-refractivity contribution in [3.8, 4) is 0 Å². The molecule has 3 nitrogen and oxygen atoms in total. The summed E-state index contributed by atoms with van der Waals surface area (Å²) < 4.78 is 2.41. The summed E-state index contributed by atoms with van der Waals surface area (Å²) in [4.78, 5) is 2.76. The molecule has 1 rings (SSSR count). The smallest absolute Gasteiger partial charge is 0.178 e. The normalized spacial score (nSPS) is 7.42. The van der Waals surface area contributed by atoms with E-state index in [1.54, 1.807) is 10.8 Å². The summed E-state index contributed by atoms with van der Waals surface area (Å²) in [6, 6.07) is 0. The minimum atomic E-state index is 0.609. The van der Waals surface area contributed by atoms with Crippen LogP contribution in [-0.4, -0.2) is 9.55 Å². The van der Waals surface area contributed by atoms with Gasteiger partial charge in [-0.05, 0) is 12.2 Å². The molecule has 1 aromatic heterocycles. The molecule has 0 radical (unpaired) electrons. The fourth-order valence-electron chi connectivity index (χ4n) is 0.511. The number of H-pyrrole nitrogens is 1.